The van der Waals surface area contributed by atoms with Crippen LogP contribution in [-0.2, 0) is 4.74 Å². The van der Waals surface area contributed by atoms with Crippen molar-refractivity contribution in [2.45, 2.75) is 6.92 Å². The first kappa shape index (κ1) is 12.8. The average molecular weight is 285 g/mol. The number of methoxy groups -OCH3 is 1. The number of hydrogen-bond acceptors (Lipinski definition) is 5. The molecule has 2 aromatic rings. The number of carbonyl (C=O) groups excluding carboxylic acids is 1. The van der Waals surface area contributed by atoms with Crippen molar-refractivity contribution in [2.24, 2.45) is 0 Å². The summed E-state index contributed by atoms with van der Waals surface area (Å²) in [5.41, 5.74) is 1.40. The molecule has 1 N–H and O–H groups in total. The molecule has 0 spiro atoms. The molecule has 0 unspecified atom stereocenters. The molecule has 0 aliphatic heterocycles. The van der Waals surface area contributed by atoms with Crippen molar-refractivity contribution in [3.63, 3.8) is 0 Å². The molecular weight excluding hydrogens is 276 g/mol. The Morgan fingerprint density at radius 1 is 1.61 bits per heavy atom. The fourth-order valence-electron chi connectivity index (χ4n) is 1.52. The maximum absolute atomic E-state index is 11.5. The molecule has 0 atom stereocenters. The van der Waals surface area contributed by atoms with Gasteiger partial charge in [-0.25, -0.2) is 9.78 Å². The second kappa shape index (κ2) is 4.91. The number of halogens is 1. The van der Waals surface area contributed by atoms with Crippen molar-refractivity contribution < 1.29 is 13.9 Å². The highest BCUT2D eigenvalue weighted by molar-refractivity contribution is 7.71. The topological polar surface area (TPSA) is 68.1 Å². The molecule has 2 rings (SSSR count). The molecule has 0 aliphatic rings. The van der Waals surface area contributed by atoms with Gasteiger partial charge < -0.3 is 14.1 Å². The van der Waals surface area contributed by atoms with E-state index >= 15 is 0 Å². The van der Waals surface area contributed by atoms with E-state index in [1.54, 1.807) is 13.0 Å². The van der Waals surface area contributed by atoms with E-state index in [1.165, 1.54) is 13.4 Å². The summed E-state index contributed by atoms with van der Waals surface area (Å²) in [4.78, 5) is 18.6. The molecule has 2 heterocycles. The summed E-state index contributed by atoms with van der Waals surface area (Å²) in [5.74, 6) is -0.0741. The summed E-state index contributed by atoms with van der Waals surface area (Å²) in [6, 6.07) is 1.66. The van der Waals surface area contributed by atoms with E-state index in [0.29, 0.717) is 17.1 Å². The normalized spacial score (nSPS) is 10.4. The molecule has 2 aromatic heterocycles. The Labute approximate surface area is 113 Å². The van der Waals surface area contributed by atoms with E-state index in [-0.39, 0.29) is 15.4 Å². The summed E-state index contributed by atoms with van der Waals surface area (Å²) in [5, 5.41) is 0.207. The van der Waals surface area contributed by atoms with Crippen LogP contribution in [0, 0.1) is 11.6 Å². The lowest BCUT2D eigenvalue weighted by molar-refractivity contribution is 0.0598. The molecule has 0 aliphatic carbocycles. The number of nitrogens with one attached hydrogen (secondary N) is 1. The quantitative estimate of drug-likeness (QED) is 0.678. The van der Waals surface area contributed by atoms with Crippen LogP contribution in [0.4, 0.5) is 0 Å². The van der Waals surface area contributed by atoms with Gasteiger partial charge in [-0.1, -0.05) is 12.2 Å². The Hall–Kier alpha value is -1.66. The number of hydrogen-bond donors (Lipinski definition) is 1. The van der Waals surface area contributed by atoms with E-state index in [4.69, 9.17) is 28.2 Å². The highest BCUT2D eigenvalue weighted by atomic mass is 35.5. The number of aromatic nitrogens is 2. The van der Waals surface area contributed by atoms with Gasteiger partial charge in [0.15, 0.2) is 0 Å². The predicted molar refractivity (Wildman–Crippen MR) is 68.2 cm³/mol. The number of esters is 1. The number of rotatable bonds is 2. The Kier molecular flexibility index (Phi) is 3.49. The van der Waals surface area contributed by atoms with Crippen LogP contribution < -0.4 is 0 Å². The first-order chi connectivity index (χ1) is 8.54. The monoisotopic (exact) mass is 284 g/mol. The first-order valence-electron chi connectivity index (χ1n) is 4.97. The molecule has 0 fully saturated rings. The average Bonchev–Trinajstić information content (AvgIpc) is 2.74. The highest BCUT2D eigenvalue weighted by Gasteiger charge is 2.16. The molecule has 5 nitrogen and oxygen atoms in total. The van der Waals surface area contributed by atoms with E-state index < -0.39 is 5.97 Å². The number of nitrogens with zero attached hydrogens (tertiary/aromatic N) is 1. The molecule has 0 aromatic carbocycles. The molecule has 0 radical (unpaired) electrons. The van der Waals surface area contributed by atoms with Gasteiger partial charge in [-0.3, -0.25) is 0 Å². The van der Waals surface area contributed by atoms with Crippen molar-refractivity contribution in [2.75, 3.05) is 7.11 Å². The van der Waals surface area contributed by atoms with Crippen molar-refractivity contribution in [3.8, 4) is 11.4 Å². The smallest absolute Gasteiger partial charge is 0.342 e. The molecular formula is C11H9ClN2O3S. The third kappa shape index (κ3) is 2.16. The Balaban J connectivity index is 2.60. The van der Waals surface area contributed by atoms with Crippen molar-refractivity contribution >= 4 is 29.8 Å². The van der Waals surface area contributed by atoms with Gasteiger partial charge in [0.05, 0.1) is 18.9 Å². The number of furan rings is 1. The van der Waals surface area contributed by atoms with Crippen LogP contribution >= 0.6 is 23.8 Å². The minimum absolute atomic E-state index is 0.158. The fourth-order valence-corrected chi connectivity index (χ4v) is 2.05. The van der Waals surface area contributed by atoms with E-state index in [1.807, 2.05) is 0 Å². The SMILES string of the molecule is COC(=O)c1c(C)[nH]c(-c2ccoc2Cl)nc1=S. The minimum Gasteiger partial charge on any atom is -0.465 e. The third-order valence-electron chi connectivity index (χ3n) is 2.37. The van der Waals surface area contributed by atoms with Crippen LogP contribution in [-0.4, -0.2) is 23.0 Å². The van der Waals surface area contributed by atoms with Gasteiger partial charge in [0, 0.05) is 5.69 Å². The van der Waals surface area contributed by atoms with Crippen molar-refractivity contribution in [1.29, 1.82) is 0 Å². The summed E-state index contributed by atoms with van der Waals surface area (Å²) >= 11 is 10.9. The van der Waals surface area contributed by atoms with Gasteiger partial charge in [-0.15, -0.1) is 0 Å². The minimum atomic E-state index is -0.522. The van der Waals surface area contributed by atoms with Gasteiger partial charge in [0.1, 0.15) is 16.0 Å². The summed E-state index contributed by atoms with van der Waals surface area (Å²) in [6.07, 6.45) is 1.44. The molecule has 0 amide bonds. The molecule has 18 heavy (non-hydrogen) atoms. The first-order valence-corrected chi connectivity index (χ1v) is 5.75. The lowest BCUT2D eigenvalue weighted by Crippen LogP contribution is -2.08. The van der Waals surface area contributed by atoms with Gasteiger partial charge in [0.25, 0.3) is 0 Å². The lowest BCUT2D eigenvalue weighted by atomic mass is 10.2. The molecule has 0 saturated heterocycles. The van der Waals surface area contributed by atoms with Gasteiger partial charge in [0.2, 0.25) is 5.22 Å². The largest absolute Gasteiger partial charge is 0.465 e. The van der Waals surface area contributed by atoms with Crippen LogP contribution in [0.15, 0.2) is 16.7 Å². The van der Waals surface area contributed by atoms with Crippen LogP contribution in [0.2, 0.25) is 5.22 Å². The zero-order valence-corrected chi connectivity index (χ0v) is 11.2. The molecule has 0 saturated carbocycles. The standard InChI is InChI=1S/C11H9ClN2O3S/c1-5-7(11(15)16-2)10(18)14-9(13-5)6-3-4-17-8(6)12/h3-4H,1-2H3,(H,13,14,18). The van der Waals surface area contributed by atoms with Gasteiger partial charge >= 0.3 is 5.97 Å². The third-order valence-corrected chi connectivity index (χ3v) is 2.96. The Morgan fingerprint density at radius 3 is 2.83 bits per heavy atom. The zero-order valence-electron chi connectivity index (χ0n) is 9.61. The van der Waals surface area contributed by atoms with Crippen LogP contribution in [0.5, 0.6) is 0 Å². The Morgan fingerprint density at radius 2 is 2.33 bits per heavy atom. The van der Waals surface area contributed by atoms with Crippen molar-refractivity contribution in [1.82, 2.24) is 9.97 Å². The summed E-state index contributed by atoms with van der Waals surface area (Å²) in [7, 11) is 1.29. The number of aromatic amines is 1. The van der Waals surface area contributed by atoms with Crippen molar-refractivity contribution in [3.05, 3.63) is 33.4 Å². The molecule has 7 heteroatoms. The second-order valence-electron chi connectivity index (χ2n) is 3.49. The van der Waals surface area contributed by atoms with Gasteiger partial charge in [-0.2, -0.15) is 0 Å². The van der Waals surface area contributed by atoms with E-state index in [9.17, 15) is 4.79 Å². The number of carbonyl (C=O) groups is 1. The van der Waals surface area contributed by atoms with E-state index in [0.717, 1.165) is 0 Å². The second-order valence-corrected chi connectivity index (χ2v) is 4.22. The maximum Gasteiger partial charge on any atom is 0.342 e. The predicted octanol–water partition coefficient (Wildman–Crippen LogP) is 3.15. The van der Waals surface area contributed by atoms with Crippen LogP contribution in [0.25, 0.3) is 11.4 Å². The zero-order chi connectivity index (χ0) is 13.3. The maximum atomic E-state index is 11.5. The van der Waals surface area contributed by atoms with Gasteiger partial charge in [-0.05, 0) is 24.6 Å². The molecule has 94 valence electrons. The fraction of sp³-hybridized carbons (Fsp3) is 0.182. The summed E-state index contributed by atoms with van der Waals surface area (Å²) in [6.45, 7) is 1.71. The van der Waals surface area contributed by atoms with E-state index in [2.05, 4.69) is 14.7 Å². The number of ether oxygens (including phenoxy) is 1. The van der Waals surface area contributed by atoms with Crippen LogP contribution in [0.3, 0.4) is 0 Å². The highest BCUT2D eigenvalue weighted by Crippen LogP contribution is 2.26. The Bertz CT molecular complexity index is 663. The summed E-state index contributed by atoms with van der Waals surface area (Å²) < 4.78 is 9.78. The number of H-pyrrole nitrogens is 1. The van der Waals surface area contributed by atoms with Crippen LogP contribution in [0.1, 0.15) is 16.1 Å². The number of aryl methyl sites for hydroxylation is 1. The lowest BCUT2D eigenvalue weighted by Gasteiger charge is -2.06. The molecule has 0 bridgehead atoms.